The molecule has 2 aromatic rings. The van der Waals surface area contributed by atoms with Crippen LogP contribution in [0.3, 0.4) is 0 Å². The maximum atomic E-state index is 12.8. The number of ether oxygens (including phenoxy) is 1. The zero-order valence-corrected chi connectivity index (χ0v) is 33.7. The van der Waals surface area contributed by atoms with Crippen LogP contribution in [0.1, 0.15) is 108 Å². The van der Waals surface area contributed by atoms with Gasteiger partial charge in [-0.2, -0.15) is 0 Å². The van der Waals surface area contributed by atoms with Crippen LogP contribution < -0.4 is 5.32 Å². The summed E-state index contributed by atoms with van der Waals surface area (Å²) in [4.78, 5) is 67.2. The van der Waals surface area contributed by atoms with Crippen molar-refractivity contribution in [3.63, 3.8) is 0 Å². The molecule has 8 rings (SSSR count). The zero-order valence-electron chi connectivity index (χ0n) is 33.7. The topological polar surface area (TPSA) is 157 Å². The first-order valence-electron chi connectivity index (χ1n) is 21.0. The number of amides is 1. The lowest BCUT2D eigenvalue weighted by Gasteiger charge is -2.44. The molecule has 0 aromatic heterocycles. The number of nitrogens with one attached hydrogen (secondary N) is 1. The number of rotatable bonds is 6. The lowest BCUT2D eigenvalue weighted by Crippen LogP contribution is -2.48. The third-order valence-corrected chi connectivity index (χ3v) is 14.1. The van der Waals surface area contributed by atoms with E-state index in [1.165, 1.54) is 10.5 Å². The summed E-state index contributed by atoms with van der Waals surface area (Å²) in [5.41, 5.74) is 1.72. The number of likely N-dealkylation sites (tertiary alicyclic amines) is 3. The summed E-state index contributed by atoms with van der Waals surface area (Å²) < 4.78 is 5.46. The second-order valence-electron chi connectivity index (χ2n) is 18.5. The van der Waals surface area contributed by atoms with E-state index in [4.69, 9.17) is 9.84 Å². The molecule has 2 aromatic carbocycles. The summed E-state index contributed by atoms with van der Waals surface area (Å²) in [6.07, 6.45) is 7.68. The molecule has 308 valence electrons. The molecule has 2 unspecified atom stereocenters. The average molecular weight is 785 g/mol. The number of carboxylic acids is 2. The van der Waals surface area contributed by atoms with Gasteiger partial charge in [0.15, 0.2) is 0 Å². The van der Waals surface area contributed by atoms with Crippen molar-refractivity contribution in [2.75, 3.05) is 39.3 Å². The monoisotopic (exact) mass is 784 g/mol. The van der Waals surface area contributed by atoms with E-state index in [1.54, 1.807) is 20.8 Å². The van der Waals surface area contributed by atoms with Gasteiger partial charge >= 0.3 is 18.0 Å². The van der Waals surface area contributed by atoms with Crippen molar-refractivity contribution < 1.29 is 38.9 Å². The Morgan fingerprint density at radius 2 is 1.16 bits per heavy atom. The molecule has 2 aliphatic carbocycles. The van der Waals surface area contributed by atoms with Gasteiger partial charge in [0, 0.05) is 49.9 Å². The van der Waals surface area contributed by atoms with E-state index in [0.29, 0.717) is 49.8 Å². The quantitative estimate of drug-likeness (QED) is 0.330. The molecular formula is C45H60N4O8. The molecule has 6 fully saturated rings. The van der Waals surface area contributed by atoms with Crippen molar-refractivity contribution in [1.29, 1.82) is 0 Å². The standard InChI is InChI=1S/C25H34N2O5.C20H26N2O3/c1-24(2,3)32-23(31)27-16-18(15-19(27)22(29)30)26-13-11-25(12-14-26)10-9-20(28)21(25)17-7-5-4-6-8-17;23-17-6-7-20(18(17)14-4-2-1-3-5-14)8-10-22(11-9-20)15-12-16(19(24)25)21-13-15/h4-8,18-19,21H,9-16H2,1-3H3,(H,29,30);1-5,15-16,18,21H,6-13H2,(H,24,25)/t18-,19-,21?;15-,16-,18?/m00/s1. The Kier molecular flexibility index (Phi) is 12.0. The molecular weight excluding hydrogens is 725 g/mol. The van der Waals surface area contributed by atoms with Gasteiger partial charge in [0.05, 0.1) is 0 Å². The van der Waals surface area contributed by atoms with Crippen LogP contribution in [0.15, 0.2) is 60.7 Å². The summed E-state index contributed by atoms with van der Waals surface area (Å²) in [5.74, 6) is -0.997. The van der Waals surface area contributed by atoms with Gasteiger partial charge < -0.3 is 20.3 Å². The van der Waals surface area contributed by atoms with Crippen molar-refractivity contribution in [2.45, 2.75) is 127 Å². The molecule has 0 radical (unpaired) electrons. The van der Waals surface area contributed by atoms with Crippen molar-refractivity contribution in [3.8, 4) is 0 Å². The molecule has 57 heavy (non-hydrogen) atoms. The van der Waals surface area contributed by atoms with Gasteiger partial charge in [-0.15, -0.1) is 0 Å². The minimum Gasteiger partial charge on any atom is -0.480 e. The number of aliphatic carboxylic acids is 2. The fraction of sp³-hybridized carbons (Fsp3) is 0.622. The molecule has 12 heteroatoms. The highest BCUT2D eigenvalue weighted by molar-refractivity contribution is 5.90. The van der Waals surface area contributed by atoms with E-state index in [9.17, 15) is 29.1 Å². The highest BCUT2D eigenvalue weighted by Gasteiger charge is 2.53. The molecule has 4 heterocycles. The van der Waals surface area contributed by atoms with E-state index in [1.807, 2.05) is 36.4 Å². The lowest BCUT2D eigenvalue weighted by molar-refractivity contribution is -0.142. The van der Waals surface area contributed by atoms with Gasteiger partial charge in [0.25, 0.3) is 0 Å². The Morgan fingerprint density at radius 1 is 0.684 bits per heavy atom. The second kappa shape index (κ2) is 16.6. The number of ketones is 2. The lowest BCUT2D eigenvalue weighted by atomic mass is 9.68. The van der Waals surface area contributed by atoms with Crippen LogP contribution in [0.5, 0.6) is 0 Å². The van der Waals surface area contributed by atoms with E-state index in [-0.39, 0.29) is 28.7 Å². The molecule has 12 nitrogen and oxygen atoms in total. The number of hydrogen-bond donors (Lipinski definition) is 3. The molecule has 2 spiro atoms. The van der Waals surface area contributed by atoms with Crippen LogP contribution in [0.25, 0.3) is 0 Å². The van der Waals surface area contributed by atoms with Crippen LogP contribution in [0.2, 0.25) is 0 Å². The summed E-state index contributed by atoms with van der Waals surface area (Å²) in [7, 11) is 0. The second-order valence-corrected chi connectivity index (χ2v) is 18.5. The van der Waals surface area contributed by atoms with Gasteiger partial charge in [-0.05, 0) is 120 Å². The Hall–Kier alpha value is -4.13. The Morgan fingerprint density at radius 3 is 1.58 bits per heavy atom. The first-order chi connectivity index (χ1) is 27.2. The minimum atomic E-state index is -0.989. The number of nitrogens with zero attached hydrogens (tertiary/aromatic N) is 3. The van der Waals surface area contributed by atoms with Crippen molar-refractivity contribution in [3.05, 3.63) is 71.8 Å². The summed E-state index contributed by atoms with van der Waals surface area (Å²) in [6.45, 7) is 10.0. The summed E-state index contributed by atoms with van der Waals surface area (Å²) in [6, 6.07) is 19.4. The first-order valence-corrected chi connectivity index (χ1v) is 21.0. The number of carbonyl (C=O) groups is 5. The van der Waals surface area contributed by atoms with Crippen LogP contribution in [0, 0.1) is 10.8 Å². The Labute approximate surface area is 336 Å². The Bertz CT molecular complexity index is 1780. The predicted molar refractivity (Wildman–Crippen MR) is 214 cm³/mol. The van der Waals surface area contributed by atoms with E-state index in [2.05, 4.69) is 39.4 Å². The minimum absolute atomic E-state index is 0.00625. The highest BCUT2D eigenvalue weighted by Crippen LogP contribution is 2.55. The van der Waals surface area contributed by atoms with E-state index >= 15 is 0 Å². The number of Topliss-reactive ketones (excluding diaryl/α,β-unsaturated/α-hetero) is 2. The number of piperidine rings is 2. The number of carbonyl (C=O) groups excluding carboxylic acids is 3. The maximum absolute atomic E-state index is 12.8. The van der Waals surface area contributed by atoms with Crippen LogP contribution >= 0.6 is 0 Å². The first kappa shape index (κ1) is 41.0. The van der Waals surface area contributed by atoms with Gasteiger partial charge in [0.1, 0.15) is 29.3 Å². The van der Waals surface area contributed by atoms with Crippen molar-refractivity contribution >= 4 is 29.6 Å². The average Bonchev–Trinajstić information content (AvgIpc) is 3.99. The zero-order chi connectivity index (χ0) is 40.5. The highest BCUT2D eigenvalue weighted by atomic mass is 16.6. The fourth-order valence-electron chi connectivity index (χ4n) is 11.1. The van der Waals surface area contributed by atoms with Crippen molar-refractivity contribution in [1.82, 2.24) is 20.0 Å². The summed E-state index contributed by atoms with van der Waals surface area (Å²) in [5, 5.41) is 22.0. The number of benzene rings is 2. The van der Waals surface area contributed by atoms with E-state index in [0.717, 1.165) is 76.8 Å². The molecule has 1 amide bonds. The third kappa shape index (κ3) is 8.69. The molecule has 2 saturated carbocycles. The third-order valence-electron chi connectivity index (χ3n) is 14.1. The maximum Gasteiger partial charge on any atom is 0.411 e. The van der Waals surface area contributed by atoms with Gasteiger partial charge in [0.2, 0.25) is 0 Å². The smallest absolute Gasteiger partial charge is 0.411 e. The Balaban J connectivity index is 0.000000179. The fourth-order valence-corrected chi connectivity index (χ4v) is 11.1. The number of hydrogen-bond acceptors (Lipinski definition) is 9. The SMILES string of the molecule is CC(C)(C)OC(=O)N1C[C@@H](N2CCC3(CCC(=O)C3c3ccccc3)CC2)C[C@H]1C(=O)O.O=C1CCC2(CCN([C@@H]3CN[C@H](C(=O)O)C3)CC2)C1c1ccccc1. The van der Waals surface area contributed by atoms with Gasteiger partial charge in [-0.1, -0.05) is 60.7 Å². The molecule has 6 aliphatic rings. The van der Waals surface area contributed by atoms with Crippen molar-refractivity contribution in [2.24, 2.45) is 10.8 Å². The molecule has 4 saturated heterocycles. The molecule has 3 N–H and O–H groups in total. The predicted octanol–water partition coefficient (Wildman–Crippen LogP) is 5.71. The van der Waals surface area contributed by atoms with Crippen LogP contribution in [-0.2, 0) is 23.9 Å². The normalized spacial score (nSPS) is 30.1. The largest absolute Gasteiger partial charge is 0.480 e. The van der Waals surface area contributed by atoms with Crippen LogP contribution in [0.4, 0.5) is 4.79 Å². The van der Waals surface area contributed by atoms with Gasteiger partial charge in [-0.25, -0.2) is 9.59 Å². The van der Waals surface area contributed by atoms with Crippen LogP contribution in [-0.4, -0.2) is 124 Å². The summed E-state index contributed by atoms with van der Waals surface area (Å²) >= 11 is 0. The molecule has 6 atom stereocenters. The molecule has 0 bridgehead atoms. The molecule has 4 aliphatic heterocycles. The van der Waals surface area contributed by atoms with E-state index < -0.39 is 35.7 Å². The number of carboxylic acid groups (broad SMARTS) is 2. The van der Waals surface area contributed by atoms with Gasteiger partial charge in [-0.3, -0.25) is 29.1 Å².